The largest absolute Gasteiger partial charge is 0.385 e. The fraction of sp³-hybridized carbons (Fsp3) is 0.583. The van der Waals surface area contributed by atoms with E-state index in [1.54, 1.807) is 19.2 Å². The summed E-state index contributed by atoms with van der Waals surface area (Å²) in [6.07, 6.45) is 0.888. The van der Waals surface area contributed by atoms with Crippen LogP contribution in [-0.2, 0) is 20.8 Å². The van der Waals surface area contributed by atoms with Gasteiger partial charge in [-0.2, -0.15) is 0 Å². The first kappa shape index (κ1) is 15.2. The molecule has 0 amide bonds. The Bertz CT molecular complexity index is 350. The van der Waals surface area contributed by atoms with Gasteiger partial charge in [-0.1, -0.05) is 11.6 Å². The van der Waals surface area contributed by atoms with Crippen molar-refractivity contribution in [2.45, 2.75) is 13.0 Å². The van der Waals surface area contributed by atoms with Gasteiger partial charge in [-0.15, -0.1) is 0 Å². The number of nitrogen functional groups attached to an aromatic ring is 1. The summed E-state index contributed by atoms with van der Waals surface area (Å²) in [5.41, 5.74) is 6.21. The first-order valence-electron chi connectivity index (χ1n) is 5.79. The fourth-order valence-electron chi connectivity index (χ4n) is 1.30. The lowest BCUT2D eigenvalue weighted by Crippen LogP contribution is -2.07. The quantitative estimate of drug-likeness (QED) is 0.697. The van der Waals surface area contributed by atoms with Crippen LogP contribution in [0.1, 0.15) is 12.1 Å². The van der Waals surface area contributed by atoms with Crippen molar-refractivity contribution in [1.82, 2.24) is 4.98 Å². The van der Waals surface area contributed by atoms with Crippen LogP contribution in [0.3, 0.4) is 0 Å². The predicted octanol–water partition coefficient (Wildman–Crippen LogP) is 1.89. The number of nitrogens with zero attached hydrogens (tertiary/aromatic N) is 1. The second kappa shape index (κ2) is 9.10. The summed E-state index contributed by atoms with van der Waals surface area (Å²) in [4.78, 5) is 4.09. The van der Waals surface area contributed by atoms with E-state index in [1.807, 2.05) is 0 Å². The van der Waals surface area contributed by atoms with Crippen molar-refractivity contribution in [2.75, 3.05) is 39.3 Å². The number of ether oxygens (including phenoxy) is 3. The molecule has 5 nitrogen and oxygen atoms in total. The maximum absolute atomic E-state index is 5.95. The van der Waals surface area contributed by atoms with Crippen LogP contribution >= 0.6 is 11.6 Å². The molecule has 1 aromatic heterocycles. The van der Waals surface area contributed by atoms with Crippen molar-refractivity contribution in [3.05, 3.63) is 22.8 Å². The molecule has 0 aliphatic rings. The highest BCUT2D eigenvalue weighted by Gasteiger charge is 2.02. The van der Waals surface area contributed by atoms with Crippen LogP contribution in [-0.4, -0.2) is 38.5 Å². The van der Waals surface area contributed by atoms with Gasteiger partial charge in [-0.3, -0.25) is 0 Å². The SMILES string of the molecule is COCCCOCCOCc1nc(N)ccc1Cl. The van der Waals surface area contributed by atoms with Gasteiger partial charge in [0.25, 0.3) is 0 Å². The molecule has 0 fully saturated rings. The zero-order valence-electron chi connectivity index (χ0n) is 10.5. The van der Waals surface area contributed by atoms with E-state index in [1.165, 1.54) is 0 Å². The highest BCUT2D eigenvalue weighted by Crippen LogP contribution is 2.15. The standard InChI is InChI=1S/C12H19ClN2O3/c1-16-5-2-6-17-7-8-18-9-11-10(13)3-4-12(14)15-11/h3-4H,2,5-9H2,1H3,(H2,14,15). The van der Waals surface area contributed by atoms with E-state index in [4.69, 9.17) is 31.5 Å². The van der Waals surface area contributed by atoms with Gasteiger partial charge in [-0.25, -0.2) is 4.98 Å². The third-order valence-corrected chi connectivity index (χ3v) is 2.53. The molecule has 2 N–H and O–H groups in total. The van der Waals surface area contributed by atoms with Crippen molar-refractivity contribution in [2.24, 2.45) is 0 Å². The third-order valence-electron chi connectivity index (χ3n) is 2.19. The molecular weight excluding hydrogens is 256 g/mol. The van der Waals surface area contributed by atoms with E-state index in [9.17, 15) is 0 Å². The number of rotatable bonds is 9. The molecule has 0 saturated heterocycles. The molecular formula is C12H19ClN2O3. The van der Waals surface area contributed by atoms with Gasteiger partial charge in [0.15, 0.2) is 0 Å². The Morgan fingerprint density at radius 1 is 1.17 bits per heavy atom. The summed E-state index contributed by atoms with van der Waals surface area (Å²) >= 11 is 5.95. The molecule has 0 aliphatic heterocycles. The molecule has 0 atom stereocenters. The molecule has 0 saturated carbocycles. The topological polar surface area (TPSA) is 66.6 Å². The lowest BCUT2D eigenvalue weighted by Gasteiger charge is -2.07. The summed E-state index contributed by atoms with van der Waals surface area (Å²) in [6.45, 7) is 2.77. The summed E-state index contributed by atoms with van der Waals surface area (Å²) in [5, 5.41) is 0.560. The van der Waals surface area contributed by atoms with Gasteiger partial charge < -0.3 is 19.9 Å². The Hall–Kier alpha value is -0.880. The van der Waals surface area contributed by atoms with Gasteiger partial charge in [0, 0.05) is 20.3 Å². The molecule has 1 rings (SSSR count). The van der Waals surface area contributed by atoms with Gasteiger partial charge in [-0.05, 0) is 18.6 Å². The molecule has 1 aromatic rings. The second-order valence-electron chi connectivity index (χ2n) is 3.68. The minimum Gasteiger partial charge on any atom is -0.385 e. The Labute approximate surface area is 112 Å². The Kier molecular flexibility index (Phi) is 7.68. The lowest BCUT2D eigenvalue weighted by atomic mass is 10.3. The van der Waals surface area contributed by atoms with Crippen LogP contribution in [0.5, 0.6) is 0 Å². The van der Waals surface area contributed by atoms with E-state index >= 15 is 0 Å². The zero-order valence-corrected chi connectivity index (χ0v) is 11.3. The molecule has 6 heteroatoms. The van der Waals surface area contributed by atoms with Crippen molar-refractivity contribution in [3.8, 4) is 0 Å². The van der Waals surface area contributed by atoms with E-state index in [0.29, 0.717) is 49.6 Å². The number of hydrogen-bond donors (Lipinski definition) is 1. The van der Waals surface area contributed by atoms with Crippen LogP contribution in [0.15, 0.2) is 12.1 Å². The maximum atomic E-state index is 5.95. The van der Waals surface area contributed by atoms with Crippen LogP contribution in [0, 0.1) is 0 Å². The Morgan fingerprint density at radius 2 is 1.94 bits per heavy atom. The molecule has 0 aromatic carbocycles. The van der Waals surface area contributed by atoms with Crippen LogP contribution in [0.25, 0.3) is 0 Å². The molecule has 0 aliphatic carbocycles. The Balaban J connectivity index is 2.09. The number of hydrogen-bond acceptors (Lipinski definition) is 5. The van der Waals surface area contributed by atoms with E-state index in [2.05, 4.69) is 4.98 Å². The number of methoxy groups -OCH3 is 1. The molecule has 0 spiro atoms. The number of anilines is 1. The highest BCUT2D eigenvalue weighted by atomic mass is 35.5. The maximum Gasteiger partial charge on any atom is 0.123 e. The average molecular weight is 275 g/mol. The number of nitrogens with two attached hydrogens (primary N) is 1. The first-order chi connectivity index (χ1) is 8.74. The average Bonchev–Trinajstić information content (AvgIpc) is 2.36. The van der Waals surface area contributed by atoms with Crippen molar-refractivity contribution >= 4 is 17.4 Å². The predicted molar refractivity (Wildman–Crippen MR) is 70.6 cm³/mol. The smallest absolute Gasteiger partial charge is 0.123 e. The zero-order chi connectivity index (χ0) is 13.2. The minimum atomic E-state index is 0.339. The molecule has 102 valence electrons. The molecule has 1 heterocycles. The minimum absolute atomic E-state index is 0.339. The van der Waals surface area contributed by atoms with Gasteiger partial charge in [0.2, 0.25) is 0 Å². The van der Waals surface area contributed by atoms with Crippen LogP contribution in [0.4, 0.5) is 5.82 Å². The van der Waals surface area contributed by atoms with Gasteiger partial charge in [0.05, 0.1) is 30.5 Å². The number of aromatic nitrogens is 1. The van der Waals surface area contributed by atoms with Crippen LogP contribution < -0.4 is 5.73 Å². The molecule has 0 unspecified atom stereocenters. The number of halogens is 1. The monoisotopic (exact) mass is 274 g/mol. The molecule has 18 heavy (non-hydrogen) atoms. The summed E-state index contributed by atoms with van der Waals surface area (Å²) in [5.74, 6) is 0.439. The van der Waals surface area contributed by atoms with Crippen molar-refractivity contribution < 1.29 is 14.2 Å². The van der Waals surface area contributed by atoms with Crippen LogP contribution in [0.2, 0.25) is 5.02 Å². The molecule has 0 radical (unpaired) electrons. The van der Waals surface area contributed by atoms with E-state index < -0.39 is 0 Å². The van der Waals surface area contributed by atoms with Gasteiger partial charge in [0.1, 0.15) is 5.82 Å². The summed E-state index contributed by atoms with van der Waals surface area (Å²) in [7, 11) is 1.67. The fourth-order valence-corrected chi connectivity index (χ4v) is 1.46. The normalized spacial score (nSPS) is 10.8. The summed E-state index contributed by atoms with van der Waals surface area (Å²) < 4.78 is 15.7. The third kappa shape index (κ3) is 6.16. The van der Waals surface area contributed by atoms with Crippen molar-refractivity contribution in [3.63, 3.8) is 0 Å². The lowest BCUT2D eigenvalue weighted by molar-refractivity contribution is 0.0328. The highest BCUT2D eigenvalue weighted by molar-refractivity contribution is 6.31. The van der Waals surface area contributed by atoms with Gasteiger partial charge >= 0.3 is 0 Å². The van der Waals surface area contributed by atoms with Crippen molar-refractivity contribution in [1.29, 1.82) is 0 Å². The molecule has 0 bridgehead atoms. The van der Waals surface area contributed by atoms with E-state index in [-0.39, 0.29) is 0 Å². The Morgan fingerprint density at radius 3 is 2.72 bits per heavy atom. The van der Waals surface area contributed by atoms with E-state index in [0.717, 1.165) is 6.42 Å². The summed E-state index contributed by atoms with van der Waals surface area (Å²) in [6, 6.07) is 3.37. The first-order valence-corrected chi connectivity index (χ1v) is 6.17. The second-order valence-corrected chi connectivity index (χ2v) is 4.08. The number of pyridine rings is 1.